The zero-order valence-corrected chi connectivity index (χ0v) is 16.9. The number of rotatable bonds is 3. The number of hydrogen-bond donors (Lipinski definition) is 1. The van der Waals surface area contributed by atoms with Crippen molar-refractivity contribution < 1.29 is 19.4 Å². The molecule has 2 fully saturated rings. The van der Waals surface area contributed by atoms with Gasteiger partial charge in [0.25, 0.3) is 0 Å². The van der Waals surface area contributed by atoms with Gasteiger partial charge in [-0.05, 0) is 61.2 Å². The second-order valence-corrected chi connectivity index (χ2v) is 9.81. The first-order valence-corrected chi connectivity index (χ1v) is 10.0. The number of Topliss-reactive ketones (excluding diaryl/α,β-unsaturated/α-hetero) is 1. The van der Waals surface area contributed by atoms with Crippen LogP contribution in [0.4, 0.5) is 0 Å². The number of carbonyl (C=O) groups excluding carboxylic acids is 2. The van der Waals surface area contributed by atoms with Gasteiger partial charge in [0.2, 0.25) is 0 Å². The van der Waals surface area contributed by atoms with E-state index >= 15 is 0 Å². The fourth-order valence-corrected chi connectivity index (χ4v) is 6.23. The standard InChI is InChI=1S/C22H34O4/c1-14-7-6-8-18-21(4)10-9-20(3,19(25)13-26-15(2)23)11-16(21)17(24)12-22(14,18)5/h7,16,18-19,25H,6,8-13H2,1-5H3. The summed E-state index contributed by atoms with van der Waals surface area (Å²) < 4.78 is 5.04. The van der Waals surface area contributed by atoms with E-state index in [1.807, 2.05) is 6.92 Å². The summed E-state index contributed by atoms with van der Waals surface area (Å²) in [6.45, 7) is 10.2. The summed E-state index contributed by atoms with van der Waals surface area (Å²) in [5.74, 6) is 0.504. The normalized spacial score (nSPS) is 43.8. The minimum atomic E-state index is -0.718. The van der Waals surface area contributed by atoms with Crippen molar-refractivity contribution >= 4 is 11.8 Å². The Labute approximate surface area is 157 Å². The molecular formula is C22H34O4. The molecule has 2 saturated carbocycles. The molecule has 0 aromatic carbocycles. The average molecular weight is 363 g/mol. The van der Waals surface area contributed by atoms with E-state index in [0.29, 0.717) is 24.5 Å². The highest BCUT2D eigenvalue weighted by molar-refractivity contribution is 5.84. The number of esters is 1. The lowest BCUT2D eigenvalue weighted by Crippen LogP contribution is -2.58. The molecule has 0 bridgehead atoms. The highest BCUT2D eigenvalue weighted by Crippen LogP contribution is 2.65. The van der Waals surface area contributed by atoms with Crippen LogP contribution in [0.15, 0.2) is 11.6 Å². The lowest BCUT2D eigenvalue weighted by atomic mass is 9.42. The van der Waals surface area contributed by atoms with E-state index < -0.39 is 6.10 Å². The molecule has 3 aliphatic carbocycles. The Balaban J connectivity index is 1.85. The van der Waals surface area contributed by atoms with Gasteiger partial charge in [0, 0.05) is 19.3 Å². The molecule has 0 aliphatic heterocycles. The minimum Gasteiger partial charge on any atom is -0.463 e. The van der Waals surface area contributed by atoms with Crippen LogP contribution in [0.5, 0.6) is 0 Å². The number of aliphatic hydroxyl groups is 1. The molecule has 26 heavy (non-hydrogen) atoms. The van der Waals surface area contributed by atoms with Gasteiger partial charge in [-0.15, -0.1) is 0 Å². The highest BCUT2D eigenvalue weighted by atomic mass is 16.5. The lowest BCUT2D eigenvalue weighted by molar-refractivity contribution is -0.166. The Morgan fingerprint density at radius 3 is 2.69 bits per heavy atom. The van der Waals surface area contributed by atoms with Crippen molar-refractivity contribution in [3.05, 3.63) is 11.6 Å². The maximum Gasteiger partial charge on any atom is 0.302 e. The number of carbonyl (C=O) groups is 2. The quantitative estimate of drug-likeness (QED) is 0.607. The van der Waals surface area contributed by atoms with Gasteiger partial charge in [0.1, 0.15) is 12.4 Å². The van der Waals surface area contributed by atoms with Crippen molar-refractivity contribution in [1.82, 2.24) is 0 Å². The van der Waals surface area contributed by atoms with Crippen LogP contribution in [0.3, 0.4) is 0 Å². The van der Waals surface area contributed by atoms with Crippen LogP contribution >= 0.6 is 0 Å². The van der Waals surface area contributed by atoms with Gasteiger partial charge in [0.05, 0.1) is 6.10 Å². The zero-order chi connectivity index (χ0) is 19.3. The number of hydrogen-bond acceptors (Lipinski definition) is 4. The Hall–Kier alpha value is -1.16. The summed E-state index contributed by atoms with van der Waals surface area (Å²) in [4.78, 5) is 24.3. The molecule has 0 amide bonds. The number of ketones is 1. The summed E-state index contributed by atoms with van der Waals surface area (Å²) in [7, 11) is 0. The maximum absolute atomic E-state index is 13.2. The molecule has 6 unspecified atom stereocenters. The van der Waals surface area contributed by atoms with E-state index in [0.717, 1.165) is 25.7 Å². The molecule has 0 aromatic rings. The third-order valence-corrected chi connectivity index (χ3v) is 8.25. The Morgan fingerprint density at radius 1 is 1.35 bits per heavy atom. The molecule has 0 saturated heterocycles. The third-order valence-electron chi connectivity index (χ3n) is 8.25. The molecule has 1 N–H and O–H groups in total. The summed E-state index contributed by atoms with van der Waals surface area (Å²) >= 11 is 0. The van der Waals surface area contributed by atoms with Gasteiger partial charge in [0.15, 0.2) is 0 Å². The smallest absolute Gasteiger partial charge is 0.302 e. The maximum atomic E-state index is 13.2. The second kappa shape index (κ2) is 6.47. The van der Waals surface area contributed by atoms with E-state index in [9.17, 15) is 14.7 Å². The van der Waals surface area contributed by atoms with Gasteiger partial charge >= 0.3 is 5.97 Å². The average Bonchev–Trinajstić information content (AvgIpc) is 2.56. The van der Waals surface area contributed by atoms with Crippen molar-refractivity contribution in [2.24, 2.45) is 28.1 Å². The summed E-state index contributed by atoms with van der Waals surface area (Å²) in [6.07, 6.45) is 7.00. The van der Waals surface area contributed by atoms with E-state index in [1.165, 1.54) is 12.5 Å². The molecule has 0 spiro atoms. The summed E-state index contributed by atoms with van der Waals surface area (Å²) in [6, 6.07) is 0. The van der Waals surface area contributed by atoms with Crippen LogP contribution in [0, 0.1) is 28.1 Å². The molecule has 0 radical (unpaired) electrons. The van der Waals surface area contributed by atoms with E-state index in [-0.39, 0.29) is 34.7 Å². The van der Waals surface area contributed by atoms with E-state index in [2.05, 4.69) is 26.8 Å². The molecule has 0 heterocycles. The first-order valence-electron chi connectivity index (χ1n) is 10.0. The number of ether oxygens (including phenoxy) is 1. The largest absolute Gasteiger partial charge is 0.463 e. The summed E-state index contributed by atoms with van der Waals surface area (Å²) in [5.41, 5.74) is 0.998. The molecule has 4 heteroatoms. The van der Waals surface area contributed by atoms with Gasteiger partial charge < -0.3 is 9.84 Å². The first-order chi connectivity index (χ1) is 12.0. The molecule has 146 valence electrons. The number of fused-ring (bicyclic) bond motifs is 3. The van der Waals surface area contributed by atoms with Crippen molar-refractivity contribution in [2.75, 3.05) is 6.61 Å². The summed E-state index contributed by atoms with van der Waals surface area (Å²) in [5, 5.41) is 10.7. The van der Waals surface area contributed by atoms with Gasteiger partial charge in [-0.2, -0.15) is 0 Å². The van der Waals surface area contributed by atoms with Gasteiger partial charge in [-0.3, -0.25) is 9.59 Å². The topological polar surface area (TPSA) is 63.6 Å². The molecule has 3 aliphatic rings. The molecule has 6 atom stereocenters. The highest BCUT2D eigenvalue weighted by Gasteiger charge is 2.61. The lowest BCUT2D eigenvalue weighted by Gasteiger charge is -2.61. The number of aliphatic hydroxyl groups excluding tert-OH is 1. The van der Waals surface area contributed by atoms with Crippen LogP contribution < -0.4 is 0 Å². The van der Waals surface area contributed by atoms with Crippen molar-refractivity contribution in [2.45, 2.75) is 79.2 Å². The van der Waals surface area contributed by atoms with Crippen molar-refractivity contribution in [3.8, 4) is 0 Å². The molecule has 4 nitrogen and oxygen atoms in total. The van der Waals surface area contributed by atoms with Crippen LogP contribution in [-0.4, -0.2) is 29.6 Å². The Bertz CT molecular complexity index is 638. The molecule has 0 aromatic heterocycles. The fourth-order valence-electron chi connectivity index (χ4n) is 6.23. The van der Waals surface area contributed by atoms with Crippen LogP contribution in [-0.2, 0) is 14.3 Å². The SMILES string of the molecule is CC(=O)OCC(O)C1(C)CCC2(C)C(C1)C(=O)CC1(C)C(C)=CCCC12. The zero-order valence-electron chi connectivity index (χ0n) is 16.9. The number of allylic oxidation sites excluding steroid dienone is 2. The fraction of sp³-hybridized carbons (Fsp3) is 0.818. The van der Waals surface area contributed by atoms with E-state index in [1.54, 1.807) is 0 Å². The Kier molecular flexibility index (Phi) is 4.88. The van der Waals surface area contributed by atoms with Crippen LogP contribution in [0.25, 0.3) is 0 Å². The minimum absolute atomic E-state index is 0.000264. The molecular weight excluding hydrogens is 328 g/mol. The van der Waals surface area contributed by atoms with Gasteiger partial charge in [-0.25, -0.2) is 0 Å². The monoisotopic (exact) mass is 362 g/mol. The predicted octanol–water partition coefficient (Wildman–Crippen LogP) is 4.06. The molecule has 3 rings (SSSR count). The van der Waals surface area contributed by atoms with Crippen LogP contribution in [0.2, 0.25) is 0 Å². The van der Waals surface area contributed by atoms with Crippen molar-refractivity contribution in [1.29, 1.82) is 0 Å². The third kappa shape index (κ3) is 2.94. The predicted molar refractivity (Wildman–Crippen MR) is 100 cm³/mol. The van der Waals surface area contributed by atoms with Gasteiger partial charge in [-0.1, -0.05) is 32.4 Å². The van der Waals surface area contributed by atoms with E-state index in [4.69, 9.17) is 4.74 Å². The van der Waals surface area contributed by atoms with Crippen LogP contribution in [0.1, 0.15) is 73.1 Å². The Morgan fingerprint density at radius 2 is 2.04 bits per heavy atom. The second-order valence-electron chi connectivity index (χ2n) is 9.81. The van der Waals surface area contributed by atoms with Crippen molar-refractivity contribution in [3.63, 3.8) is 0 Å². The first kappa shape index (κ1) is 19.6.